The number of hydrogen-bond acceptors (Lipinski definition) is 2. The molecule has 22 heavy (non-hydrogen) atoms. The second kappa shape index (κ2) is 8.00. The van der Waals surface area contributed by atoms with Crippen molar-refractivity contribution in [2.75, 3.05) is 20.6 Å². The molecule has 0 spiro atoms. The second-order valence-corrected chi connectivity index (χ2v) is 6.24. The van der Waals surface area contributed by atoms with Crippen molar-refractivity contribution in [2.24, 2.45) is 0 Å². The first-order valence-corrected chi connectivity index (χ1v) is 7.98. The van der Waals surface area contributed by atoms with Crippen LogP contribution in [0.25, 0.3) is 0 Å². The molecule has 0 amide bonds. The fourth-order valence-corrected chi connectivity index (χ4v) is 2.74. The molecule has 0 radical (unpaired) electrons. The Labute approximate surface area is 134 Å². The molecule has 2 aromatic carbocycles. The first kappa shape index (κ1) is 16.6. The molecular formula is C20H27NO. The molecule has 0 heterocycles. The highest BCUT2D eigenvalue weighted by Crippen LogP contribution is 2.26. The summed E-state index contributed by atoms with van der Waals surface area (Å²) in [6.45, 7) is 6.04. The second-order valence-electron chi connectivity index (χ2n) is 6.24. The molecule has 0 saturated heterocycles. The molecule has 0 aliphatic carbocycles. The fourth-order valence-electron chi connectivity index (χ4n) is 2.74. The van der Waals surface area contributed by atoms with Crippen molar-refractivity contribution >= 4 is 0 Å². The van der Waals surface area contributed by atoms with Gasteiger partial charge in [-0.25, -0.2) is 0 Å². The van der Waals surface area contributed by atoms with E-state index in [1.54, 1.807) is 0 Å². The smallest absolute Gasteiger partial charge is 0.125 e. The van der Waals surface area contributed by atoms with Crippen LogP contribution in [0.5, 0.6) is 5.75 Å². The molecule has 0 fully saturated rings. The highest BCUT2D eigenvalue weighted by atomic mass is 16.5. The van der Waals surface area contributed by atoms with E-state index in [1.165, 1.54) is 28.7 Å². The van der Waals surface area contributed by atoms with Gasteiger partial charge in [0.1, 0.15) is 12.4 Å². The first-order valence-electron chi connectivity index (χ1n) is 7.98. The van der Waals surface area contributed by atoms with Crippen LogP contribution >= 0.6 is 0 Å². The first-order chi connectivity index (χ1) is 10.6. The van der Waals surface area contributed by atoms with Gasteiger partial charge in [0.05, 0.1) is 0 Å². The van der Waals surface area contributed by atoms with Gasteiger partial charge in [0, 0.05) is 0 Å². The average Bonchev–Trinajstić information content (AvgIpc) is 2.47. The van der Waals surface area contributed by atoms with Gasteiger partial charge in [0.25, 0.3) is 0 Å². The summed E-state index contributed by atoms with van der Waals surface area (Å²) < 4.78 is 6.04. The van der Waals surface area contributed by atoms with Crippen molar-refractivity contribution in [3.63, 3.8) is 0 Å². The van der Waals surface area contributed by atoms with Gasteiger partial charge in [-0.2, -0.15) is 0 Å². The third-order valence-corrected chi connectivity index (χ3v) is 3.82. The Morgan fingerprint density at radius 3 is 2.14 bits per heavy atom. The molecule has 0 bridgehead atoms. The van der Waals surface area contributed by atoms with Crippen LogP contribution in [0.1, 0.15) is 28.7 Å². The van der Waals surface area contributed by atoms with E-state index in [-0.39, 0.29) is 0 Å². The minimum atomic E-state index is 0.627. The lowest BCUT2D eigenvalue weighted by atomic mass is 10.0. The van der Waals surface area contributed by atoms with Gasteiger partial charge in [-0.1, -0.05) is 42.5 Å². The Morgan fingerprint density at radius 1 is 0.909 bits per heavy atom. The van der Waals surface area contributed by atoms with Crippen molar-refractivity contribution in [3.8, 4) is 5.75 Å². The maximum absolute atomic E-state index is 6.04. The van der Waals surface area contributed by atoms with Crippen molar-refractivity contribution in [1.82, 2.24) is 4.90 Å². The molecule has 0 unspecified atom stereocenters. The quantitative estimate of drug-likeness (QED) is 0.752. The molecule has 0 aliphatic heterocycles. The van der Waals surface area contributed by atoms with Gasteiger partial charge in [0.2, 0.25) is 0 Å². The molecule has 2 nitrogen and oxygen atoms in total. The summed E-state index contributed by atoms with van der Waals surface area (Å²) in [6, 6.07) is 14.9. The standard InChI is InChI=1S/C20H27NO/c1-16-13-19(11-8-12-21(3)4)14-17(2)20(16)22-15-18-9-6-5-7-10-18/h5-7,9-10,13-14H,8,11-12,15H2,1-4H3. The van der Waals surface area contributed by atoms with Crippen molar-refractivity contribution in [2.45, 2.75) is 33.3 Å². The zero-order valence-electron chi connectivity index (χ0n) is 14.2. The van der Waals surface area contributed by atoms with Crippen LogP contribution < -0.4 is 4.74 Å². The van der Waals surface area contributed by atoms with Crippen molar-refractivity contribution in [1.29, 1.82) is 0 Å². The Bertz CT molecular complexity index is 567. The fraction of sp³-hybridized carbons (Fsp3) is 0.400. The van der Waals surface area contributed by atoms with Crippen LogP contribution in [0.15, 0.2) is 42.5 Å². The molecule has 2 rings (SSSR count). The summed E-state index contributed by atoms with van der Waals surface area (Å²) in [6.07, 6.45) is 2.31. The minimum Gasteiger partial charge on any atom is -0.488 e. The summed E-state index contributed by atoms with van der Waals surface area (Å²) in [5.74, 6) is 1.03. The van der Waals surface area contributed by atoms with Crippen LogP contribution in [0.4, 0.5) is 0 Å². The number of ether oxygens (including phenoxy) is 1. The van der Waals surface area contributed by atoms with E-state index in [4.69, 9.17) is 4.74 Å². The molecule has 0 N–H and O–H groups in total. The van der Waals surface area contributed by atoms with Crippen molar-refractivity contribution < 1.29 is 4.74 Å². The lowest BCUT2D eigenvalue weighted by molar-refractivity contribution is 0.302. The Morgan fingerprint density at radius 2 is 1.55 bits per heavy atom. The summed E-state index contributed by atoms with van der Waals surface area (Å²) in [7, 11) is 4.24. The topological polar surface area (TPSA) is 12.5 Å². The normalized spacial score (nSPS) is 11.0. The number of rotatable bonds is 7. The van der Waals surface area contributed by atoms with Gasteiger partial charge in [-0.15, -0.1) is 0 Å². The Balaban J connectivity index is 2.00. The van der Waals surface area contributed by atoms with E-state index in [0.29, 0.717) is 6.61 Å². The predicted octanol–water partition coefficient (Wildman–Crippen LogP) is 4.38. The van der Waals surface area contributed by atoms with Gasteiger partial charge in [0.15, 0.2) is 0 Å². The van der Waals surface area contributed by atoms with Crippen LogP contribution in [0.3, 0.4) is 0 Å². The number of nitrogens with zero attached hydrogens (tertiary/aromatic N) is 1. The average molecular weight is 297 g/mol. The van der Waals surface area contributed by atoms with E-state index in [9.17, 15) is 0 Å². The highest BCUT2D eigenvalue weighted by Gasteiger charge is 2.07. The van der Waals surface area contributed by atoms with E-state index in [1.807, 2.05) is 18.2 Å². The summed E-state index contributed by atoms with van der Waals surface area (Å²) in [4.78, 5) is 2.23. The molecule has 2 heteroatoms. The van der Waals surface area contributed by atoms with Crippen LogP contribution in [-0.4, -0.2) is 25.5 Å². The molecule has 0 aromatic heterocycles. The van der Waals surface area contributed by atoms with E-state index in [0.717, 1.165) is 18.7 Å². The Hall–Kier alpha value is -1.80. The van der Waals surface area contributed by atoms with Gasteiger partial charge in [-0.3, -0.25) is 0 Å². The van der Waals surface area contributed by atoms with Gasteiger partial charge >= 0.3 is 0 Å². The minimum absolute atomic E-state index is 0.627. The molecule has 0 aliphatic rings. The molecule has 118 valence electrons. The summed E-state index contributed by atoms with van der Waals surface area (Å²) in [5.41, 5.74) is 5.08. The lowest BCUT2D eigenvalue weighted by Gasteiger charge is -2.15. The Kier molecular flexibility index (Phi) is 6.02. The predicted molar refractivity (Wildman–Crippen MR) is 93.6 cm³/mol. The van der Waals surface area contributed by atoms with Crippen LogP contribution in [0.2, 0.25) is 0 Å². The zero-order chi connectivity index (χ0) is 15.9. The van der Waals surface area contributed by atoms with E-state index in [2.05, 4.69) is 57.1 Å². The largest absolute Gasteiger partial charge is 0.488 e. The monoisotopic (exact) mass is 297 g/mol. The molecule has 2 aromatic rings. The third-order valence-electron chi connectivity index (χ3n) is 3.82. The number of hydrogen-bond donors (Lipinski definition) is 0. The number of aryl methyl sites for hydroxylation is 3. The van der Waals surface area contributed by atoms with E-state index < -0.39 is 0 Å². The maximum Gasteiger partial charge on any atom is 0.125 e. The summed E-state index contributed by atoms with van der Waals surface area (Å²) in [5, 5.41) is 0. The molecule has 0 saturated carbocycles. The van der Waals surface area contributed by atoms with Gasteiger partial charge in [-0.05, 0) is 69.6 Å². The SMILES string of the molecule is Cc1cc(CCCN(C)C)cc(C)c1OCc1ccccc1. The van der Waals surface area contributed by atoms with Crippen LogP contribution in [0, 0.1) is 13.8 Å². The lowest BCUT2D eigenvalue weighted by Crippen LogP contribution is -2.13. The summed E-state index contributed by atoms with van der Waals surface area (Å²) >= 11 is 0. The highest BCUT2D eigenvalue weighted by molar-refractivity contribution is 5.43. The molecular weight excluding hydrogens is 270 g/mol. The maximum atomic E-state index is 6.04. The zero-order valence-corrected chi connectivity index (χ0v) is 14.2. The number of benzene rings is 2. The van der Waals surface area contributed by atoms with Gasteiger partial charge < -0.3 is 9.64 Å². The van der Waals surface area contributed by atoms with E-state index >= 15 is 0 Å². The third kappa shape index (κ3) is 4.88. The molecule has 0 atom stereocenters. The van der Waals surface area contributed by atoms with Crippen LogP contribution in [-0.2, 0) is 13.0 Å². The van der Waals surface area contributed by atoms with Crippen molar-refractivity contribution in [3.05, 3.63) is 64.7 Å².